The second kappa shape index (κ2) is 36.3. The van der Waals surface area contributed by atoms with Crippen molar-refractivity contribution < 1.29 is 14.3 Å². The molecule has 43 heavy (non-hydrogen) atoms. The van der Waals surface area contributed by atoms with Gasteiger partial charge in [0.05, 0.1) is 0 Å². The molecule has 248 valence electrons. The third-order valence-corrected chi connectivity index (χ3v) is 7.90. The Hall–Kier alpha value is -1.90. The van der Waals surface area contributed by atoms with Gasteiger partial charge in [-0.2, -0.15) is 0 Å². The number of esters is 2. The quantitative estimate of drug-likeness (QED) is 0.0335. The Morgan fingerprint density at radius 1 is 0.395 bits per heavy atom. The normalized spacial score (nSPS) is 12.0. The van der Waals surface area contributed by atoms with Crippen LogP contribution in [-0.2, 0) is 14.3 Å². The van der Waals surface area contributed by atoms with Gasteiger partial charge in [0.2, 0.25) is 0 Å². The fourth-order valence-corrected chi connectivity index (χ4v) is 5.17. The molecule has 0 saturated heterocycles. The van der Waals surface area contributed by atoms with Crippen molar-refractivity contribution in [3.63, 3.8) is 0 Å². The lowest BCUT2D eigenvalue weighted by atomic mass is 10.0. The Kier molecular flexibility index (Phi) is 34.7. The van der Waals surface area contributed by atoms with E-state index in [0.717, 1.165) is 57.8 Å². The molecular weight excluding hydrogens is 528 g/mol. The van der Waals surface area contributed by atoms with Crippen LogP contribution in [0.2, 0.25) is 0 Å². The molecule has 0 atom stereocenters. The van der Waals surface area contributed by atoms with Gasteiger partial charge >= 0.3 is 11.9 Å². The molecule has 0 bridgehead atoms. The van der Waals surface area contributed by atoms with Crippen LogP contribution in [0.4, 0.5) is 0 Å². The minimum atomic E-state index is -0.367. The number of rotatable bonds is 32. The van der Waals surface area contributed by atoms with Crippen LogP contribution < -0.4 is 0 Å². The van der Waals surface area contributed by atoms with Crippen molar-refractivity contribution in [2.45, 2.75) is 194 Å². The highest BCUT2D eigenvalue weighted by Crippen LogP contribution is 2.13. The Bertz CT molecular complexity index is 715. The van der Waals surface area contributed by atoms with Gasteiger partial charge < -0.3 is 4.74 Å². The molecule has 0 amide bonds. The Morgan fingerprint density at radius 2 is 0.744 bits per heavy atom. The van der Waals surface area contributed by atoms with Crippen molar-refractivity contribution >= 4 is 11.9 Å². The molecule has 0 aliphatic rings. The molecule has 0 radical (unpaired) electrons. The largest absolute Gasteiger partial charge is 0.393 e. The molecule has 0 N–H and O–H groups in total. The molecule has 0 aliphatic heterocycles. The second-order valence-corrected chi connectivity index (χ2v) is 12.2. The number of ether oxygens (including phenoxy) is 1. The summed E-state index contributed by atoms with van der Waals surface area (Å²) in [6, 6.07) is 0. The SMILES string of the molecule is CC/C=C\C/C=C\C/C=C\CCCCCCCCCC(=O)OC(=O)CCC/C=C\CCCCCCCCCCCCCC. The summed E-state index contributed by atoms with van der Waals surface area (Å²) >= 11 is 0. The molecule has 0 heterocycles. The molecule has 3 heteroatoms. The molecule has 0 rings (SSSR count). The van der Waals surface area contributed by atoms with Crippen LogP contribution in [0.25, 0.3) is 0 Å². The first-order chi connectivity index (χ1) is 21.2. The van der Waals surface area contributed by atoms with Gasteiger partial charge in [0.15, 0.2) is 0 Å². The Labute approximate surface area is 268 Å². The van der Waals surface area contributed by atoms with Gasteiger partial charge in [-0.05, 0) is 64.2 Å². The number of hydrogen-bond acceptors (Lipinski definition) is 3. The van der Waals surface area contributed by atoms with Crippen molar-refractivity contribution in [3.05, 3.63) is 48.6 Å². The van der Waals surface area contributed by atoms with Crippen LogP contribution in [-0.4, -0.2) is 11.9 Å². The number of unbranched alkanes of at least 4 members (excludes halogenated alkanes) is 20. The zero-order valence-corrected chi connectivity index (χ0v) is 28.6. The van der Waals surface area contributed by atoms with E-state index in [4.69, 9.17) is 4.74 Å². The van der Waals surface area contributed by atoms with E-state index in [9.17, 15) is 9.59 Å². The van der Waals surface area contributed by atoms with Gasteiger partial charge in [-0.3, -0.25) is 9.59 Å². The van der Waals surface area contributed by atoms with E-state index < -0.39 is 0 Å². The van der Waals surface area contributed by atoms with Gasteiger partial charge in [-0.25, -0.2) is 0 Å². The van der Waals surface area contributed by atoms with E-state index in [-0.39, 0.29) is 11.9 Å². The minimum absolute atomic E-state index is 0.331. The lowest BCUT2D eigenvalue weighted by Crippen LogP contribution is -2.11. The number of allylic oxidation sites excluding steroid dienone is 8. The topological polar surface area (TPSA) is 43.4 Å². The summed E-state index contributed by atoms with van der Waals surface area (Å²) in [4.78, 5) is 23.8. The third kappa shape index (κ3) is 36.2. The monoisotopic (exact) mass is 599 g/mol. The average Bonchev–Trinajstić information content (AvgIpc) is 3.00. The second-order valence-electron chi connectivity index (χ2n) is 12.2. The van der Waals surface area contributed by atoms with E-state index >= 15 is 0 Å². The summed E-state index contributed by atoms with van der Waals surface area (Å²) < 4.78 is 4.99. The molecule has 0 aromatic heterocycles. The van der Waals surface area contributed by atoms with E-state index in [1.807, 2.05) is 0 Å². The first-order valence-corrected chi connectivity index (χ1v) is 18.5. The van der Waals surface area contributed by atoms with Crippen LogP contribution in [0.3, 0.4) is 0 Å². The number of carbonyl (C=O) groups is 2. The maximum absolute atomic E-state index is 11.9. The summed E-state index contributed by atoms with van der Waals surface area (Å²) in [6.45, 7) is 4.44. The fraction of sp³-hybridized carbons (Fsp3) is 0.750. The van der Waals surface area contributed by atoms with Crippen LogP contribution in [0.15, 0.2) is 48.6 Å². The van der Waals surface area contributed by atoms with Crippen LogP contribution in [0, 0.1) is 0 Å². The molecule has 0 aromatic carbocycles. The zero-order chi connectivity index (χ0) is 31.3. The minimum Gasteiger partial charge on any atom is -0.393 e. The van der Waals surface area contributed by atoms with Crippen molar-refractivity contribution in [1.29, 1.82) is 0 Å². The van der Waals surface area contributed by atoms with E-state index in [1.54, 1.807) is 0 Å². The third-order valence-electron chi connectivity index (χ3n) is 7.90. The first-order valence-electron chi connectivity index (χ1n) is 18.5. The first kappa shape index (κ1) is 41.1. The fourth-order valence-electron chi connectivity index (χ4n) is 5.17. The summed E-state index contributed by atoms with van der Waals surface area (Å²) in [6.07, 6.45) is 50.3. The summed E-state index contributed by atoms with van der Waals surface area (Å²) in [5, 5.41) is 0. The highest BCUT2D eigenvalue weighted by atomic mass is 16.6. The smallest absolute Gasteiger partial charge is 0.313 e. The summed E-state index contributed by atoms with van der Waals surface area (Å²) in [7, 11) is 0. The molecule has 0 saturated carbocycles. The molecule has 3 nitrogen and oxygen atoms in total. The Balaban J connectivity index is 3.40. The lowest BCUT2D eigenvalue weighted by Gasteiger charge is -2.03. The van der Waals surface area contributed by atoms with E-state index in [1.165, 1.54) is 109 Å². The van der Waals surface area contributed by atoms with Gasteiger partial charge in [0.1, 0.15) is 0 Å². The van der Waals surface area contributed by atoms with Gasteiger partial charge in [-0.1, -0.05) is 165 Å². The zero-order valence-electron chi connectivity index (χ0n) is 28.6. The van der Waals surface area contributed by atoms with Crippen molar-refractivity contribution in [3.8, 4) is 0 Å². The molecule has 0 aliphatic carbocycles. The maximum atomic E-state index is 11.9. The van der Waals surface area contributed by atoms with Crippen LogP contribution in [0.5, 0.6) is 0 Å². The van der Waals surface area contributed by atoms with Gasteiger partial charge in [0.25, 0.3) is 0 Å². The van der Waals surface area contributed by atoms with Gasteiger partial charge in [0, 0.05) is 12.8 Å². The maximum Gasteiger partial charge on any atom is 0.313 e. The highest BCUT2D eigenvalue weighted by Gasteiger charge is 2.09. The lowest BCUT2D eigenvalue weighted by molar-refractivity contribution is -0.159. The number of hydrogen-bond donors (Lipinski definition) is 0. The highest BCUT2D eigenvalue weighted by molar-refractivity contribution is 5.85. The van der Waals surface area contributed by atoms with Crippen molar-refractivity contribution in [1.82, 2.24) is 0 Å². The predicted octanol–water partition coefficient (Wildman–Crippen LogP) is 13.2. The van der Waals surface area contributed by atoms with Crippen molar-refractivity contribution in [2.24, 2.45) is 0 Å². The standard InChI is InChI=1S/C40H70O3/c1-3-5-7-9-11-13-15-17-19-21-23-25-27-29-31-33-35-37-39(41)43-40(42)38-36-34-32-30-28-26-24-22-20-18-16-14-12-10-8-6-4-2/h5,7,11,13,17,19,30,32H,3-4,6,8-10,12,14-16,18,20-29,31,33-38H2,1-2H3/b7-5-,13-11-,19-17-,32-30-. The average molecular weight is 599 g/mol. The van der Waals surface area contributed by atoms with Crippen LogP contribution in [0.1, 0.15) is 194 Å². The molecule has 0 unspecified atom stereocenters. The molecule has 0 fully saturated rings. The Morgan fingerprint density at radius 3 is 1.23 bits per heavy atom. The molecule has 0 aromatic rings. The van der Waals surface area contributed by atoms with Gasteiger partial charge in [-0.15, -0.1) is 0 Å². The van der Waals surface area contributed by atoms with Crippen molar-refractivity contribution in [2.75, 3.05) is 0 Å². The predicted molar refractivity (Wildman–Crippen MR) is 188 cm³/mol. The summed E-state index contributed by atoms with van der Waals surface area (Å²) in [5.74, 6) is -0.722. The van der Waals surface area contributed by atoms with E-state index in [2.05, 4.69) is 62.5 Å². The van der Waals surface area contributed by atoms with E-state index in [0.29, 0.717) is 12.8 Å². The summed E-state index contributed by atoms with van der Waals surface area (Å²) in [5.41, 5.74) is 0. The number of carbonyl (C=O) groups excluding carboxylic acids is 2. The molecule has 0 spiro atoms. The molecular formula is C40H70O3. The van der Waals surface area contributed by atoms with Crippen LogP contribution >= 0.6 is 0 Å².